The van der Waals surface area contributed by atoms with Crippen LogP contribution in [0.25, 0.3) is 0 Å². The largest absolute Gasteiger partial charge is 0.493 e. The number of aliphatic hydroxyl groups excluding tert-OH is 1. The lowest BCUT2D eigenvalue weighted by Gasteiger charge is -2.36. The Balaban J connectivity index is 1.72. The summed E-state index contributed by atoms with van der Waals surface area (Å²) in [5.41, 5.74) is -2.04. The predicted molar refractivity (Wildman–Crippen MR) is 109 cm³/mol. The summed E-state index contributed by atoms with van der Waals surface area (Å²) in [6, 6.07) is 7.65. The highest BCUT2D eigenvalue weighted by Gasteiger charge is 2.43. The summed E-state index contributed by atoms with van der Waals surface area (Å²) in [6.45, 7) is 1.64. The molecule has 1 aromatic heterocycles. The van der Waals surface area contributed by atoms with Crippen molar-refractivity contribution in [3.8, 4) is 5.88 Å². The van der Waals surface area contributed by atoms with Crippen LogP contribution in [0.1, 0.15) is 24.0 Å². The van der Waals surface area contributed by atoms with Crippen LogP contribution in [0, 0.1) is 0 Å². The zero-order valence-electron chi connectivity index (χ0n) is 15.6. The molecule has 0 aliphatic carbocycles. The van der Waals surface area contributed by atoms with Gasteiger partial charge in [-0.15, -0.1) is 0 Å². The van der Waals surface area contributed by atoms with Crippen LogP contribution in [0.2, 0.25) is 10.0 Å². The number of carbonyl (C=O) groups excluding carboxylic acids is 1. The normalized spacial score (nSPS) is 16.8. The van der Waals surface area contributed by atoms with Gasteiger partial charge in [-0.25, -0.2) is 9.37 Å². The molecule has 0 spiro atoms. The molecule has 156 valence electrons. The van der Waals surface area contributed by atoms with E-state index in [1.54, 1.807) is 18.2 Å². The van der Waals surface area contributed by atoms with Gasteiger partial charge in [0, 0.05) is 35.9 Å². The van der Waals surface area contributed by atoms with Gasteiger partial charge in [-0.3, -0.25) is 9.69 Å². The van der Waals surface area contributed by atoms with Crippen LogP contribution in [0.3, 0.4) is 0 Å². The van der Waals surface area contributed by atoms with E-state index in [0.29, 0.717) is 41.7 Å². The highest BCUT2D eigenvalue weighted by atomic mass is 35.5. The van der Waals surface area contributed by atoms with Gasteiger partial charge in [-0.2, -0.15) is 0 Å². The number of nitrogens with one attached hydrogen (secondary N) is 1. The lowest BCUT2D eigenvalue weighted by Crippen LogP contribution is -2.51. The topological polar surface area (TPSA) is 85.7 Å². The van der Waals surface area contributed by atoms with Gasteiger partial charge in [-0.05, 0) is 49.2 Å². The summed E-state index contributed by atoms with van der Waals surface area (Å²) in [5.74, 6) is -1.40. The van der Waals surface area contributed by atoms with Crippen LogP contribution in [0.4, 0.5) is 4.39 Å². The van der Waals surface area contributed by atoms with Crippen molar-refractivity contribution >= 4 is 29.1 Å². The average molecular weight is 442 g/mol. The first-order valence-electron chi connectivity index (χ1n) is 9.25. The third-order valence-electron chi connectivity index (χ3n) is 4.96. The Labute approximate surface area is 178 Å². The number of β-amino-alcohol motifs (C(OH)–C–C–N with tert-alkyl or cyclic N) is 1. The smallest absolute Gasteiger partial charge is 0.262 e. The number of nitrogens with zero attached hydrogens (tertiary/aromatic N) is 2. The minimum absolute atomic E-state index is 0.0137. The molecular formula is C20H22Cl2FN3O3. The summed E-state index contributed by atoms with van der Waals surface area (Å²) < 4.78 is 16.0. The summed E-state index contributed by atoms with van der Waals surface area (Å²) in [6.07, 6.45) is 1.21. The first-order chi connectivity index (χ1) is 13.8. The fourth-order valence-corrected chi connectivity index (χ4v) is 3.80. The van der Waals surface area contributed by atoms with Gasteiger partial charge < -0.3 is 15.5 Å². The third-order valence-corrected chi connectivity index (χ3v) is 5.55. The number of hydrogen-bond donors (Lipinski definition) is 3. The number of rotatable bonds is 8. The summed E-state index contributed by atoms with van der Waals surface area (Å²) in [5, 5.41) is 22.8. The summed E-state index contributed by atoms with van der Waals surface area (Å²) >= 11 is 12.0. The van der Waals surface area contributed by atoms with E-state index in [4.69, 9.17) is 23.2 Å². The van der Waals surface area contributed by atoms with E-state index in [1.807, 2.05) is 4.90 Å². The number of aromatic hydroxyl groups is 1. The molecule has 2 heterocycles. The van der Waals surface area contributed by atoms with Crippen molar-refractivity contribution in [3.05, 3.63) is 57.7 Å². The standard InChI is InChI=1S/C20H22Cl2FN3O3/c21-14-5-4-13(17(22)9-14)10-25-19(29)20(23,16-3-1-7-24-18(16)28)6-2-8-26-11-15(27)12-26/h1,3-5,7,9,15,27H,2,6,8,10-12H2,(H,24,28)(H,25,29)/t20-/m0/s1. The molecule has 0 unspecified atom stereocenters. The molecule has 1 fully saturated rings. The number of likely N-dealkylation sites (tertiary alicyclic amines) is 1. The SMILES string of the molecule is O=C(NCc1ccc(Cl)cc1Cl)[C@](F)(CCCN1CC(O)C1)c1cccnc1O. The van der Waals surface area contributed by atoms with Crippen molar-refractivity contribution in [2.24, 2.45) is 0 Å². The van der Waals surface area contributed by atoms with Crippen LogP contribution in [0.5, 0.6) is 5.88 Å². The molecule has 1 aliphatic heterocycles. The van der Waals surface area contributed by atoms with Crippen LogP contribution in [0.15, 0.2) is 36.5 Å². The monoisotopic (exact) mass is 441 g/mol. The van der Waals surface area contributed by atoms with E-state index in [2.05, 4.69) is 10.3 Å². The minimum Gasteiger partial charge on any atom is -0.493 e. The van der Waals surface area contributed by atoms with Crippen molar-refractivity contribution in [1.82, 2.24) is 15.2 Å². The van der Waals surface area contributed by atoms with Crippen LogP contribution < -0.4 is 5.32 Å². The number of halogens is 3. The molecule has 2 aromatic rings. The maximum Gasteiger partial charge on any atom is 0.262 e. The lowest BCUT2D eigenvalue weighted by atomic mass is 9.90. The molecule has 0 bridgehead atoms. The highest BCUT2D eigenvalue weighted by molar-refractivity contribution is 6.35. The van der Waals surface area contributed by atoms with E-state index >= 15 is 4.39 Å². The Bertz CT molecular complexity index is 880. The molecule has 3 N–H and O–H groups in total. The second kappa shape index (κ2) is 9.26. The fourth-order valence-electron chi connectivity index (χ4n) is 3.33. The Morgan fingerprint density at radius 1 is 1.34 bits per heavy atom. The Kier molecular flexibility index (Phi) is 6.95. The molecule has 6 nitrogen and oxygen atoms in total. The average Bonchev–Trinajstić information content (AvgIpc) is 2.65. The van der Waals surface area contributed by atoms with Crippen LogP contribution >= 0.6 is 23.2 Å². The van der Waals surface area contributed by atoms with Gasteiger partial charge in [0.2, 0.25) is 11.5 Å². The van der Waals surface area contributed by atoms with Gasteiger partial charge >= 0.3 is 0 Å². The fraction of sp³-hybridized carbons (Fsp3) is 0.400. The maximum absolute atomic E-state index is 16.0. The second-order valence-electron chi connectivity index (χ2n) is 7.11. The number of aromatic nitrogens is 1. The molecule has 1 amide bonds. The summed E-state index contributed by atoms with van der Waals surface area (Å²) in [7, 11) is 0. The quantitative estimate of drug-likeness (QED) is 0.585. The number of amides is 1. The maximum atomic E-state index is 16.0. The van der Waals surface area contributed by atoms with Gasteiger partial charge in [-0.1, -0.05) is 29.3 Å². The molecule has 3 rings (SSSR count). The molecule has 1 aromatic carbocycles. The van der Waals surface area contributed by atoms with E-state index in [9.17, 15) is 15.0 Å². The van der Waals surface area contributed by atoms with Crippen LogP contribution in [-0.4, -0.2) is 51.7 Å². The number of pyridine rings is 1. The molecule has 29 heavy (non-hydrogen) atoms. The van der Waals surface area contributed by atoms with Gasteiger partial charge in [0.1, 0.15) is 0 Å². The second-order valence-corrected chi connectivity index (χ2v) is 7.95. The van der Waals surface area contributed by atoms with Crippen molar-refractivity contribution in [1.29, 1.82) is 0 Å². The minimum atomic E-state index is -2.46. The number of benzene rings is 1. The molecular weight excluding hydrogens is 420 g/mol. The lowest BCUT2D eigenvalue weighted by molar-refractivity contribution is -0.134. The van der Waals surface area contributed by atoms with Crippen molar-refractivity contribution in [2.45, 2.75) is 31.2 Å². The van der Waals surface area contributed by atoms with Crippen LogP contribution in [-0.2, 0) is 17.0 Å². The number of alkyl halides is 1. The van der Waals surface area contributed by atoms with Gasteiger partial charge in [0.15, 0.2) is 0 Å². The number of aliphatic hydroxyl groups is 1. The Morgan fingerprint density at radius 3 is 2.76 bits per heavy atom. The zero-order chi connectivity index (χ0) is 21.0. The number of hydrogen-bond acceptors (Lipinski definition) is 5. The third kappa shape index (κ3) is 5.17. The molecule has 1 atom stereocenters. The molecule has 9 heteroatoms. The van der Waals surface area contributed by atoms with E-state index in [0.717, 1.165) is 0 Å². The molecule has 1 saturated heterocycles. The van der Waals surface area contributed by atoms with E-state index in [1.165, 1.54) is 18.3 Å². The van der Waals surface area contributed by atoms with Crippen molar-refractivity contribution in [2.75, 3.05) is 19.6 Å². The highest BCUT2D eigenvalue weighted by Crippen LogP contribution is 2.36. The molecule has 0 saturated carbocycles. The van der Waals surface area contributed by atoms with E-state index < -0.39 is 17.5 Å². The Morgan fingerprint density at radius 2 is 2.10 bits per heavy atom. The predicted octanol–water partition coefficient (Wildman–Crippen LogP) is 3.03. The first kappa shape index (κ1) is 21.8. The van der Waals surface area contributed by atoms with Gasteiger partial charge in [0.05, 0.1) is 11.7 Å². The molecule has 1 aliphatic rings. The van der Waals surface area contributed by atoms with Gasteiger partial charge in [0.25, 0.3) is 5.91 Å². The summed E-state index contributed by atoms with van der Waals surface area (Å²) in [4.78, 5) is 18.5. The first-order valence-corrected chi connectivity index (χ1v) is 10.0. The van der Waals surface area contributed by atoms with Crippen molar-refractivity contribution in [3.63, 3.8) is 0 Å². The van der Waals surface area contributed by atoms with E-state index in [-0.39, 0.29) is 24.6 Å². The zero-order valence-corrected chi connectivity index (χ0v) is 17.1. The Hall–Kier alpha value is -1.93. The van der Waals surface area contributed by atoms with Crippen molar-refractivity contribution < 1.29 is 19.4 Å². The number of carbonyl (C=O) groups is 1. The molecule has 0 radical (unpaired) electrons.